The molecule has 170 valence electrons. The molecule has 0 saturated carbocycles. The van der Waals surface area contributed by atoms with Gasteiger partial charge in [-0.05, 0) is 47.4 Å². The zero-order chi connectivity index (χ0) is 22.5. The smallest absolute Gasteiger partial charge is 0.243 e. The van der Waals surface area contributed by atoms with E-state index in [0.29, 0.717) is 54.4 Å². The number of nitrogens with zero attached hydrogens (tertiary/aromatic N) is 4. The number of carbonyl (C=O) groups excluding carboxylic acids is 1. The Morgan fingerprint density at radius 2 is 2.06 bits per heavy atom. The molecule has 0 atom stereocenters. The highest BCUT2D eigenvalue weighted by Crippen LogP contribution is 2.43. The second kappa shape index (κ2) is 10.3. The average molecular weight is 524 g/mol. The van der Waals surface area contributed by atoms with Crippen molar-refractivity contribution in [2.45, 2.75) is 35.9 Å². The van der Waals surface area contributed by atoms with Crippen molar-refractivity contribution in [3.05, 3.63) is 22.9 Å². The number of aromatic nitrogens is 4. The molecule has 1 aromatic carbocycles. The number of nitrogens with one attached hydrogen (secondary N) is 2. The van der Waals surface area contributed by atoms with E-state index >= 15 is 0 Å². The van der Waals surface area contributed by atoms with Gasteiger partial charge in [-0.3, -0.25) is 10.0 Å². The maximum Gasteiger partial charge on any atom is 0.243 e. The van der Waals surface area contributed by atoms with E-state index < -0.39 is 0 Å². The first kappa shape index (κ1) is 22.6. The maximum absolute atomic E-state index is 11.0. The zero-order valence-electron chi connectivity index (χ0n) is 17.0. The van der Waals surface area contributed by atoms with Gasteiger partial charge in [0.25, 0.3) is 0 Å². The van der Waals surface area contributed by atoms with Gasteiger partial charge < -0.3 is 25.1 Å². The SMILES string of the molecule is Nc1ncnc2c1nc(Sc1cc3c(cc1Br)OCO3)n2CCNCCCCC(=O)NO. The highest BCUT2D eigenvalue weighted by Gasteiger charge is 2.20. The molecule has 0 saturated heterocycles. The van der Waals surface area contributed by atoms with E-state index in [1.807, 2.05) is 16.7 Å². The number of unbranched alkanes of at least 4 members (excludes halogenated alkanes) is 1. The molecule has 1 aliphatic rings. The number of rotatable bonds is 10. The molecular formula is C19H22BrN7O4S. The summed E-state index contributed by atoms with van der Waals surface area (Å²) in [5.74, 6) is 1.35. The third kappa shape index (κ3) is 5.06. The number of hydrogen-bond acceptors (Lipinski definition) is 10. The summed E-state index contributed by atoms with van der Waals surface area (Å²) >= 11 is 5.06. The second-order valence-electron chi connectivity index (χ2n) is 6.96. The molecule has 13 heteroatoms. The van der Waals surface area contributed by atoms with E-state index in [0.717, 1.165) is 27.5 Å². The topological polar surface area (TPSA) is 149 Å². The van der Waals surface area contributed by atoms with Crippen LogP contribution in [0.3, 0.4) is 0 Å². The zero-order valence-corrected chi connectivity index (χ0v) is 19.4. The molecule has 11 nitrogen and oxygen atoms in total. The Bertz CT molecular complexity index is 1130. The molecule has 0 fully saturated rings. The van der Waals surface area contributed by atoms with Crippen LogP contribution in [0.15, 0.2) is 33.0 Å². The number of fused-ring (bicyclic) bond motifs is 2. The van der Waals surface area contributed by atoms with Gasteiger partial charge in [-0.1, -0.05) is 11.8 Å². The van der Waals surface area contributed by atoms with E-state index in [9.17, 15) is 4.79 Å². The number of imidazole rings is 1. The van der Waals surface area contributed by atoms with E-state index in [-0.39, 0.29) is 12.7 Å². The van der Waals surface area contributed by atoms with E-state index in [2.05, 4.69) is 36.2 Å². The minimum absolute atomic E-state index is 0.205. The first-order valence-corrected chi connectivity index (χ1v) is 11.5. The third-order valence-corrected chi connectivity index (χ3v) is 6.77. The Balaban J connectivity index is 1.46. The summed E-state index contributed by atoms with van der Waals surface area (Å²) < 4.78 is 13.8. The van der Waals surface area contributed by atoms with Crippen LogP contribution in [0.1, 0.15) is 19.3 Å². The summed E-state index contributed by atoms with van der Waals surface area (Å²) in [5.41, 5.74) is 8.89. The highest BCUT2D eigenvalue weighted by atomic mass is 79.9. The lowest BCUT2D eigenvalue weighted by Crippen LogP contribution is -2.22. The molecule has 0 bridgehead atoms. The van der Waals surface area contributed by atoms with Crippen molar-refractivity contribution in [3.8, 4) is 11.5 Å². The van der Waals surface area contributed by atoms with Gasteiger partial charge in [-0.25, -0.2) is 20.4 Å². The number of anilines is 1. The van der Waals surface area contributed by atoms with E-state index in [1.54, 1.807) is 5.48 Å². The Kier molecular flexibility index (Phi) is 7.29. The molecule has 5 N–H and O–H groups in total. The average Bonchev–Trinajstić information content (AvgIpc) is 3.38. The predicted octanol–water partition coefficient (Wildman–Crippen LogP) is 2.32. The molecule has 0 radical (unpaired) electrons. The summed E-state index contributed by atoms with van der Waals surface area (Å²) in [6.45, 7) is 2.25. The minimum atomic E-state index is -0.372. The van der Waals surface area contributed by atoms with Crippen molar-refractivity contribution in [1.29, 1.82) is 0 Å². The first-order valence-electron chi connectivity index (χ1n) is 9.94. The molecule has 1 aliphatic heterocycles. The Morgan fingerprint density at radius 1 is 1.25 bits per heavy atom. The van der Waals surface area contributed by atoms with Crippen molar-refractivity contribution in [2.75, 3.05) is 25.6 Å². The summed E-state index contributed by atoms with van der Waals surface area (Å²) in [5, 5.41) is 12.6. The van der Waals surface area contributed by atoms with Crippen molar-refractivity contribution in [3.63, 3.8) is 0 Å². The van der Waals surface area contributed by atoms with Crippen LogP contribution in [0.2, 0.25) is 0 Å². The van der Waals surface area contributed by atoms with Gasteiger partial charge in [0.05, 0.1) is 0 Å². The fourth-order valence-electron chi connectivity index (χ4n) is 3.20. The van der Waals surface area contributed by atoms with Crippen molar-refractivity contribution < 1.29 is 19.5 Å². The fourth-order valence-corrected chi connectivity index (χ4v) is 4.70. The molecule has 3 aromatic rings. The van der Waals surface area contributed by atoms with Crippen molar-refractivity contribution >= 4 is 50.6 Å². The number of halogens is 1. The van der Waals surface area contributed by atoms with Gasteiger partial charge in [0.1, 0.15) is 6.33 Å². The number of nitrogen functional groups attached to an aromatic ring is 1. The second-order valence-corrected chi connectivity index (χ2v) is 8.82. The van der Waals surface area contributed by atoms with Gasteiger partial charge >= 0.3 is 0 Å². The van der Waals surface area contributed by atoms with Crippen LogP contribution in [0, 0.1) is 0 Å². The lowest BCUT2D eigenvalue weighted by atomic mass is 10.2. The summed E-state index contributed by atoms with van der Waals surface area (Å²) in [7, 11) is 0. The lowest BCUT2D eigenvalue weighted by molar-refractivity contribution is -0.129. The van der Waals surface area contributed by atoms with Crippen molar-refractivity contribution in [1.82, 2.24) is 30.3 Å². The number of benzene rings is 1. The summed E-state index contributed by atoms with van der Waals surface area (Å²) in [4.78, 5) is 25.1. The molecule has 1 amide bonds. The fraction of sp³-hybridized carbons (Fsp3) is 0.368. The van der Waals surface area contributed by atoms with Gasteiger partial charge in [0, 0.05) is 28.9 Å². The number of nitrogens with two attached hydrogens (primary N) is 1. The lowest BCUT2D eigenvalue weighted by Gasteiger charge is -2.10. The molecule has 32 heavy (non-hydrogen) atoms. The summed E-state index contributed by atoms with van der Waals surface area (Å²) in [6.07, 6.45) is 3.24. The number of carbonyl (C=O) groups is 1. The predicted molar refractivity (Wildman–Crippen MR) is 121 cm³/mol. The van der Waals surface area contributed by atoms with Gasteiger partial charge in [-0.15, -0.1) is 0 Å². The van der Waals surface area contributed by atoms with Crippen LogP contribution in [0.5, 0.6) is 11.5 Å². The van der Waals surface area contributed by atoms with Crippen LogP contribution in [0.4, 0.5) is 5.82 Å². The molecule has 3 heterocycles. The van der Waals surface area contributed by atoms with Gasteiger partial charge in [0.15, 0.2) is 33.6 Å². The molecular weight excluding hydrogens is 502 g/mol. The Labute approximate surface area is 196 Å². The van der Waals surface area contributed by atoms with Crippen LogP contribution in [-0.4, -0.2) is 50.5 Å². The largest absolute Gasteiger partial charge is 0.454 e. The maximum atomic E-state index is 11.0. The van der Waals surface area contributed by atoms with Gasteiger partial charge in [-0.2, -0.15) is 0 Å². The van der Waals surface area contributed by atoms with Crippen LogP contribution in [0.25, 0.3) is 11.2 Å². The van der Waals surface area contributed by atoms with Crippen LogP contribution >= 0.6 is 27.7 Å². The highest BCUT2D eigenvalue weighted by molar-refractivity contribution is 9.10. The number of hydroxylamine groups is 1. The third-order valence-electron chi connectivity index (χ3n) is 4.80. The van der Waals surface area contributed by atoms with E-state index in [4.69, 9.17) is 20.4 Å². The first-order chi connectivity index (χ1) is 15.6. The Morgan fingerprint density at radius 3 is 2.88 bits per heavy atom. The quantitative estimate of drug-likeness (QED) is 0.177. The Hall–Kier alpha value is -2.61. The normalized spacial score (nSPS) is 12.4. The number of amides is 1. The minimum Gasteiger partial charge on any atom is -0.454 e. The van der Waals surface area contributed by atoms with Crippen LogP contribution < -0.4 is 26.0 Å². The van der Waals surface area contributed by atoms with Crippen LogP contribution in [-0.2, 0) is 11.3 Å². The number of hydrogen-bond donors (Lipinski definition) is 4. The number of ether oxygens (including phenoxy) is 2. The standard InChI is InChI=1S/C19H22BrN7O4S/c20-11-7-12-13(31-10-30-12)8-14(11)32-19-25-16-17(21)23-9-24-18(16)27(19)6-5-22-4-2-1-3-15(28)26-29/h7-9,22,29H,1-6,10H2,(H,26,28)(H2,21,23,24). The molecule has 0 unspecified atom stereocenters. The molecule has 0 aliphatic carbocycles. The van der Waals surface area contributed by atoms with Gasteiger partial charge in [0.2, 0.25) is 12.7 Å². The molecule has 2 aromatic heterocycles. The monoisotopic (exact) mass is 523 g/mol. The molecule has 0 spiro atoms. The molecule has 4 rings (SSSR count). The van der Waals surface area contributed by atoms with Crippen molar-refractivity contribution in [2.24, 2.45) is 0 Å². The summed E-state index contributed by atoms with van der Waals surface area (Å²) in [6, 6.07) is 3.79. The van der Waals surface area contributed by atoms with E-state index in [1.165, 1.54) is 18.1 Å².